The van der Waals surface area contributed by atoms with Crippen molar-refractivity contribution in [3.63, 3.8) is 0 Å². The van der Waals surface area contributed by atoms with E-state index in [1.807, 2.05) is 0 Å². The fraction of sp³-hybridized carbons (Fsp3) is 0.462. The SMILES string of the molecule is CNCC(=O)N1CCN(c2cc(F)ccc2F)CC1.Cl. The highest BCUT2D eigenvalue weighted by atomic mass is 35.5. The molecule has 0 aliphatic carbocycles. The fourth-order valence-corrected chi connectivity index (χ4v) is 2.19. The van der Waals surface area contributed by atoms with Crippen molar-refractivity contribution >= 4 is 24.0 Å². The van der Waals surface area contributed by atoms with Gasteiger partial charge < -0.3 is 15.1 Å². The number of amides is 1. The van der Waals surface area contributed by atoms with Crippen molar-refractivity contribution in [1.82, 2.24) is 10.2 Å². The zero-order chi connectivity index (χ0) is 13.8. The maximum atomic E-state index is 13.6. The van der Waals surface area contributed by atoms with E-state index in [0.717, 1.165) is 12.1 Å². The van der Waals surface area contributed by atoms with Gasteiger partial charge in [0.1, 0.15) is 11.6 Å². The van der Waals surface area contributed by atoms with E-state index in [2.05, 4.69) is 5.32 Å². The van der Waals surface area contributed by atoms with Crippen molar-refractivity contribution < 1.29 is 13.6 Å². The number of piperazine rings is 1. The summed E-state index contributed by atoms with van der Waals surface area (Å²) in [5, 5.41) is 2.81. The Balaban J connectivity index is 0.00000200. The predicted molar refractivity (Wildman–Crippen MR) is 76.3 cm³/mol. The Bertz CT molecular complexity index is 465. The molecule has 2 rings (SSSR count). The van der Waals surface area contributed by atoms with Crippen LogP contribution in [-0.2, 0) is 4.79 Å². The molecule has 4 nitrogen and oxygen atoms in total. The zero-order valence-corrected chi connectivity index (χ0v) is 12.1. The first-order valence-corrected chi connectivity index (χ1v) is 6.24. The first-order chi connectivity index (χ1) is 9.11. The summed E-state index contributed by atoms with van der Waals surface area (Å²) in [5.41, 5.74) is 0.265. The summed E-state index contributed by atoms with van der Waals surface area (Å²) < 4.78 is 26.8. The second kappa shape index (κ2) is 7.40. The van der Waals surface area contributed by atoms with Crippen LogP contribution in [-0.4, -0.2) is 50.6 Å². The summed E-state index contributed by atoms with van der Waals surface area (Å²) >= 11 is 0. The largest absolute Gasteiger partial charge is 0.366 e. The minimum Gasteiger partial charge on any atom is -0.366 e. The van der Waals surface area contributed by atoms with Gasteiger partial charge in [0.05, 0.1) is 12.2 Å². The lowest BCUT2D eigenvalue weighted by Gasteiger charge is -2.36. The summed E-state index contributed by atoms with van der Waals surface area (Å²) in [6.07, 6.45) is 0. The van der Waals surface area contributed by atoms with Gasteiger partial charge in [-0.1, -0.05) is 0 Å². The van der Waals surface area contributed by atoms with Crippen molar-refractivity contribution in [2.75, 3.05) is 44.7 Å². The Morgan fingerprint density at radius 3 is 2.50 bits per heavy atom. The van der Waals surface area contributed by atoms with Crippen LogP contribution in [0.5, 0.6) is 0 Å². The van der Waals surface area contributed by atoms with Gasteiger partial charge in [-0.15, -0.1) is 12.4 Å². The second-order valence-electron chi connectivity index (χ2n) is 4.49. The van der Waals surface area contributed by atoms with Crippen LogP contribution in [0.4, 0.5) is 14.5 Å². The third-order valence-electron chi connectivity index (χ3n) is 3.21. The lowest BCUT2D eigenvalue weighted by Crippen LogP contribution is -2.50. The smallest absolute Gasteiger partial charge is 0.236 e. The average Bonchev–Trinajstić information content (AvgIpc) is 2.42. The fourth-order valence-electron chi connectivity index (χ4n) is 2.19. The molecule has 20 heavy (non-hydrogen) atoms. The maximum Gasteiger partial charge on any atom is 0.236 e. The molecule has 0 radical (unpaired) electrons. The van der Waals surface area contributed by atoms with E-state index in [9.17, 15) is 13.6 Å². The molecule has 0 spiro atoms. The van der Waals surface area contributed by atoms with E-state index in [4.69, 9.17) is 0 Å². The van der Waals surface area contributed by atoms with Crippen molar-refractivity contribution in [2.24, 2.45) is 0 Å². The standard InChI is InChI=1S/C13H17F2N3O.ClH/c1-16-9-13(19)18-6-4-17(5-7-18)12-8-10(14)2-3-11(12)15;/h2-3,8,16H,4-7,9H2,1H3;1H. The third-order valence-corrected chi connectivity index (χ3v) is 3.21. The Morgan fingerprint density at radius 2 is 1.90 bits per heavy atom. The minimum absolute atomic E-state index is 0. The van der Waals surface area contributed by atoms with Crippen molar-refractivity contribution in [3.05, 3.63) is 29.8 Å². The monoisotopic (exact) mass is 305 g/mol. The molecule has 1 aliphatic rings. The molecule has 1 aromatic carbocycles. The Morgan fingerprint density at radius 1 is 1.25 bits per heavy atom. The molecular formula is C13H18ClF2N3O. The normalized spacial score (nSPS) is 14.9. The van der Waals surface area contributed by atoms with E-state index in [1.165, 1.54) is 6.07 Å². The van der Waals surface area contributed by atoms with E-state index < -0.39 is 11.6 Å². The molecule has 0 atom stereocenters. The summed E-state index contributed by atoms with van der Waals surface area (Å²) in [6.45, 7) is 2.37. The van der Waals surface area contributed by atoms with Gasteiger partial charge in [0, 0.05) is 32.2 Å². The summed E-state index contributed by atoms with van der Waals surface area (Å²) in [5.74, 6) is -0.858. The second-order valence-corrected chi connectivity index (χ2v) is 4.49. The van der Waals surface area contributed by atoms with Gasteiger partial charge in [-0.3, -0.25) is 4.79 Å². The molecular weight excluding hydrogens is 288 g/mol. The number of rotatable bonds is 3. The van der Waals surface area contributed by atoms with Crippen LogP contribution in [0.15, 0.2) is 18.2 Å². The quantitative estimate of drug-likeness (QED) is 0.913. The number of likely N-dealkylation sites (N-methyl/N-ethyl adjacent to an activating group) is 1. The zero-order valence-electron chi connectivity index (χ0n) is 11.2. The molecule has 0 saturated carbocycles. The molecule has 7 heteroatoms. The van der Waals surface area contributed by atoms with Gasteiger partial charge in [-0.2, -0.15) is 0 Å². The van der Waals surface area contributed by atoms with Crippen LogP contribution in [0.2, 0.25) is 0 Å². The highest BCUT2D eigenvalue weighted by Crippen LogP contribution is 2.21. The Hall–Kier alpha value is -1.40. The van der Waals surface area contributed by atoms with Crippen LogP contribution in [0, 0.1) is 11.6 Å². The number of hydrogen-bond donors (Lipinski definition) is 1. The Labute approximate surface area is 123 Å². The number of carbonyl (C=O) groups is 1. The van der Waals surface area contributed by atoms with Crippen molar-refractivity contribution in [2.45, 2.75) is 0 Å². The molecule has 1 heterocycles. The van der Waals surface area contributed by atoms with Crippen LogP contribution >= 0.6 is 12.4 Å². The van der Waals surface area contributed by atoms with Gasteiger partial charge in [0.15, 0.2) is 0 Å². The third kappa shape index (κ3) is 3.80. The molecule has 1 aliphatic heterocycles. The summed E-state index contributed by atoms with van der Waals surface area (Å²) in [4.78, 5) is 15.2. The van der Waals surface area contributed by atoms with Gasteiger partial charge >= 0.3 is 0 Å². The van der Waals surface area contributed by atoms with Crippen LogP contribution in [0.1, 0.15) is 0 Å². The molecule has 1 saturated heterocycles. The molecule has 1 aromatic rings. The topological polar surface area (TPSA) is 35.6 Å². The van der Waals surface area contributed by atoms with E-state index in [0.29, 0.717) is 32.7 Å². The highest BCUT2D eigenvalue weighted by Gasteiger charge is 2.22. The molecule has 1 N–H and O–H groups in total. The molecule has 0 aromatic heterocycles. The van der Waals surface area contributed by atoms with Crippen LogP contribution < -0.4 is 10.2 Å². The van der Waals surface area contributed by atoms with Gasteiger partial charge in [0.2, 0.25) is 5.91 Å². The highest BCUT2D eigenvalue weighted by molar-refractivity contribution is 5.85. The van der Waals surface area contributed by atoms with Crippen LogP contribution in [0.25, 0.3) is 0 Å². The lowest BCUT2D eigenvalue weighted by atomic mass is 10.2. The number of hydrogen-bond acceptors (Lipinski definition) is 3. The van der Waals surface area contributed by atoms with Gasteiger partial charge in [-0.05, 0) is 19.2 Å². The van der Waals surface area contributed by atoms with Gasteiger partial charge in [-0.25, -0.2) is 8.78 Å². The van der Waals surface area contributed by atoms with Gasteiger partial charge in [0.25, 0.3) is 0 Å². The number of anilines is 1. The molecule has 0 bridgehead atoms. The molecule has 112 valence electrons. The number of carbonyl (C=O) groups excluding carboxylic acids is 1. The van der Waals surface area contributed by atoms with Crippen molar-refractivity contribution in [1.29, 1.82) is 0 Å². The summed E-state index contributed by atoms with van der Waals surface area (Å²) in [7, 11) is 1.72. The predicted octanol–water partition coefficient (Wildman–Crippen LogP) is 1.25. The summed E-state index contributed by atoms with van der Waals surface area (Å²) in [6, 6.07) is 3.43. The lowest BCUT2D eigenvalue weighted by molar-refractivity contribution is -0.130. The van der Waals surface area contributed by atoms with Crippen molar-refractivity contribution in [3.8, 4) is 0 Å². The molecule has 1 amide bonds. The molecule has 1 fully saturated rings. The average molecular weight is 306 g/mol. The number of halogens is 3. The van der Waals surface area contributed by atoms with Crippen LogP contribution in [0.3, 0.4) is 0 Å². The maximum absolute atomic E-state index is 13.6. The first kappa shape index (κ1) is 16.7. The number of benzene rings is 1. The van der Waals surface area contributed by atoms with E-state index >= 15 is 0 Å². The number of nitrogens with zero attached hydrogens (tertiary/aromatic N) is 2. The molecule has 0 unspecified atom stereocenters. The number of nitrogens with one attached hydrogen (secondary N) is 1. The van der Waals surface area contributed by atoms with E-state index in [-0.39, 0.29) is 24.0 Å². The van der Waals surface area contributed by atoms with E-state index in [1.54, 1.807) is 16.8 Å². The minimum atomic E-state index is -0.454. The first-order valence-electron chi connectivity index (χ1n) is 6.24. The Kier molecular flexibility index (Phi) is 6.16.